The highest BCUT2D eigenvalue weighted by molar-refractivity contribution is 8.18. The minimum absolute atomic E-state index is 0.167. The third-order valence-corrected chi connectivity index (χ3v) is 6.99. The van der Waals surface area contributed by atoms with E-state index in [-0.39, 0.29) is 30.9 Å². The van der Waals surface area contributed by atoms with E-state index in [1.165, 1.54) is 12.0 Å². The molecule has 3 aromatic rings. The van der Waals surface area contributed by atoms with Crippen LogP contribution in [0.4, 0.5) is 4.79 Å². The number of carbonyl (C=O) groups excluding carboxylic acids is 2. The Morgan fingerprint density at radius 2 is 1.69 bits per heavy atom. The van der Waals surface area contributed by atoms with Crippen molar-refractivity contribution in [2.75, 3.05) is 20.3 Å². The van der Waals surface area contributed by atoms with Crippen LogP contribution in [0.25, 0.3) is 6.08 Å². The summed E-state index contributed by atoms with van der Waals surface area (Å²) >= 11 is 12.9. The maximum Gasteiger partial charge on any atom is 0.293 e. The number of hydrogen-bond donors (Lipinski definition) is 0. The predicted octanol–water partition coefficient (Wildman–Crippen LogP) is 7.00. The van der Waals surface area contributed by atoms with Gasteiger partial charge in [0.05, 0.1) is 28.6 Å². The second-order valence-corrected chi connectivity index (χ2v) is 9.75. The van der Waals surface area contributed by atoms with Gasteiger partial charge in [0.25, 0.3) is 11.1 Å². The summed E-state index contributed by atoms with van der Waals surface area (Å²) in [5.41, 5.74) is 2.69. The first kappa shape index (κ1) is 25.9. The van der Waals surface area contributed by atoms with Crippen LogP contribution in [0.2, 0.25) is 10.0 Å². The van der Waals surface area contributed by atoms with Crippen LogP contribution in [-0.2, 0) is 11.4 Å². The number of nitrogens with zero attached hydrogens (tertiary/aromatic N) is 1. The topological polar surface area (TPSA) is 65.1 Å². The zero-order valence-corrected chi connectivity index (χ0v) is 22.0. The molecule has 0 N–H and O–H groups in total. The van der Waals surface area contributed by atoms with E-state index in [4.69, 9.17) is 37.4 Å². The maximum absolute atomic E-state index is 12.8. The molecule has 9 heteroatoms. The Morgan fingerprint density at radius 1 is 0.917 bits per heavy atom. The van der Waals surface area contributed by atoms with Crippen molar-refractivity contribution in [3.8, 4) is 17.2 Å². The number of carbonyl (C=O) groups is 2. The molecule has 1 saturated heterocycles. The molecule has 6 nitrogen and oxygen atoms in total. The van der Waals surface area contributed by atoms with Crippen molar-refractivity contribution in [1.82, 2.24) is 4.90 Å². The Hall–Kier alpha value is -3.13. The molecule has 0 saturated carbocycles. The van der Waals surface area contributed by atoms with Crippen molar-refractivity contribution < 1.29 is 23.8 Å². The molecule has 1 fully saturated rings. The van der Waals surface area contributed by atoms with Gasteiger partial charge in [0.15, 0.2) is 11.5 Å². The summed E-state index contributed by atoms with van der Waals surface area (Å²) in [5, 5.41) is 0.605. The normalized spacial score (nSPS) is 14.4. The highest BCUT2D eigenvalue weighted by atomic mass is 35.5. The lowest BCUT2D eigenvalue weighted by Crippen LogP contribution is -2.32. The molecule has 0 aliphatic carbocycles. The van der Waals surface area contributed by atoms with E-state index < -0.39 is 0 Å². The lowest BCUT2D eigenvalue weighted by molar-refractivity contribution is -0.123. The Bertz CT molecular complexity index is 1310. The highest BCUT2D eigenvalue weighted by Gasteiger charge is 2.34. The molecule has 0 unspecified atom stereocenters. The van der Waals surface area contributed by atoms with Crippen molar-refractivity contribution in [2.24, 2.45) is 0 Å². The summed E-state index contributed by atoms with van der Waals surface area (Å²) < 4.78 is 17.0. The van der Waals surface area contributed by atoms with Gasteiger partial charge in [-0.15, -0.1) is 0 Å². The summed E-state index contributed by atoms with van der Waals surface area (Å²) in [6, 6.07) is 18.2. The molecular weight excluding hydrogens is 521 g/mol. The van der Waals surface area contributed by atoms with Crippen LogP contribution in [0.1, 0.15) is 16.7 Å². The van der Waals surface area contributed by atoms with Crippen molar-refractivity contribution in [2.45, 2.75) is 13.5 Å². The van der Waals surface area contributed by atoms with Gasteiger partial charge >= 0.3 is 0 Å². The molecule has 1 aliphatic rings. The summed E-state index contributed by atoms with van der Waals surface area (Å²) in [6.45, 7) is 2.65. The van der Waals surface area contributed by atoms with E-state index in [1.54, 1.807) is 36.4 Å². The van der Waals surface area contributed by atoms with Gasteiger partial charge in [0.2, 0.25) is 0 Å². The van der Waals surface area contributed by atoms with Gasteiger partial charge in [-0.2, -0.15) is 0 Å². The van der Waals surface area contributed by atoms with E-state index in [0.717, 1.165) is 22.9 Å². The van der Waals surface area contributed by atoms with Crippen LogP contribution >= 0.6 is 35.0 Å². The first-order chi connectivity index (χ1) is 17.3. The molecule has 2 amide bonds. The average Bonchev–Trinajstić information content (AvgIpc) is 3.13. The molecule has 0 atom stereocenters. The van der Waals surface area contributed by atoms with Crippen LogP contribution in [0.5, 0.6) is 17.2 Å². The van der Waals surface area contributed by atoms with E-state index in [9.17, 15) is 9.59 Å². The van der Waals surface area contributed by atoms with E-state index in [0.29, 0.717) is 37.8 Å². The van der Waals surface area contributed by atoms with Crippen LogP contribution < -0.4 is 14.2 Å². The van der Waals surface area contributed by atoms with Crippen molar-refractivity contribution in [1.29, 1.82) is 0 Å². The molecule has 0 bridgehead atoms. The summed E-state index contributed by atoms with van der Waals surface area (Å²) in [4.78, 5) is 26.8. The van der Waals surface area contributed by atoms with Crippen molar-refractivity contribution in [3.63, 3.8) is 0 Å². The van der Waals surface area contributed by atoms with Crippen LogP contribution in [0.15, 0.2) is 65.6 Å². The molecule has 1 heterocycles. The molecule has 186 valence electrons. The minimum atomic E-state index is -0.351. The minimum Gasteiger partial charge on any atom is -0.493 e. The Kier molecular flexibility index (Phi) is 8.46. The number of rotatable bonds is 9. The Morgan fingerprint density at radius 3 is 2.42 bits per heavy atom. The summed E-state index contributed by atoms with van der Waals surface area (Å²) in [7, 11) is 1.53. The molecule has 3 aromatic carbocycles. The molecule has 0 radical (unpaired) electrons. The third kappa shape index (κ3) is 6.35. The second kappa shape index (κ2) is 11.7. The van der Waals surface area contributed by atoms with Gasteiger partial charge in [-0.1, -0.05) is 53.0 Å². The molecule has 0 aromatic heterocycles. The number of thioether (sulfide) groups is 1. The average molecular weight is 544 g/mol. The highest BCUT2D eigenvalue weighted by Crippen LogP contribution is 2.35. The first-order valence-corrected chi connectivity index (χ1v) is 12.6. The van der Waals surface area contributed by atoms with Gasteiger partial charge in [-0.05, 0) is 72.3 Å². The van der Waals surface area contributed by atoms with E-state index in [2.05, 4.69) is 0 Å². The Labute approximate surface area is 223 Å². The number of methoxy groups -OCH3 is 1. The molecular formula is C27H23Cl2NO5S. The smallest absolute Gasteiger partial charge is 0.293 e. The Balaban J connectivity index is 1.39. The lowest BCUT2D eigenvalue weighted by Gasteiger charge is -2.13. The predicted molar refractivity (Wildman–Crippen MR) is 143 cm³/mol. The fourth-order valence-electron chi connectivity index (χ4n) is 3.42. The fraction of sp³-hybridized carbons (Fsp3) is 0.185. The quantitative estimate of drug-likeness (QED) is 0.270. The van der Waals surface area contributed by atoms with E-state index >= 15 is 0 Å². The van der Waals surface area contributed by atoms with Crippen molar-refractivity contribution >= 4 is 52.2 Å². The number of amides is 2. The number of hydrogen-bond acceptors (Lipinski definition) is 6. The van der Waals surface area contributed by atoms with Crippen LogP contribution in [0, 0.1) is 6.92 Å². The number of imide groups is 1. The van der Waals surface area contributed by atoms with Crippen molar-refractivity contribution in [3.05, 3.63) is 92.3 Å². The largest absolute Gasteiger partial charge is 0.493 e. The molecule has 0 spiro atoms. The third-order valence-electron chi connectivity index (χ3n) is 5.34. The standard InChI is InChI=1S/C27H23Cl2NO5S/c1-17-3-7-20(8-4-17)34-12-11-30-26(31)25(36-27(30)32)15-18-6-10-23(24(14-18)33-2)35-16-19-5-9-21(28)22(29)13-19/h3-10,13-15H,11-12,16H2,1-2H3/b25-15-. The molecule has 36 heavy (non-hydrogen) atoms. The first-order valence-electron chi connectivity index (χ1n) is 11.0. The van der Waals surface area contributed by atoms with Gasteiger partial charge in [0.1, 0.15) is 19.0 Å². The number of ether oxygens (including phenoxy) is 3. The van der Waals surface area contributed by atoms with Crippen LogP contribution in [0.3, 0.4) is 0 Å². The van der Waals surface area contributed by atoms with Gasteiger partial charge < -0.3 is 14.2 Å². The van der Waals surface area contributed by atoms with Gasteiger partial charge in [-0.3, -0.25) is 14.5 Å². The summed E-state index contributed by atoms with van der Waals surface area (Å²) in [5.74, 6) is 1.37. The zero-order chi connectivity index (χ0) is 25.7. The van der Waals surface area contributed by atoms with Gasteiger partial charge in [0, 0.05) is 0 Å². The van der Waals surface area contributed by atoms with E-state index in [1.807, 2.05) is 37.3 Å². The fourth-order valence-corrected chi connectivity index (χ4v) is 4.60. The van der Waals surface area contributed by atoms with Crippen LogP contribution in [-0.4, -0.2) is 36.3 Å². The number of aryl methyl sites for hydroxylation is 1. The summed E-state index contributed by atoms with van der Waals surface area (Å²) in [6.07, 6.45) is 1.66. The SMILES string of the molecule is COc1cc(/C=C2\SC(=O)N(CCOc3ccc(C)cc3)C2=O)ccc1OCc1ccc(Cl)c(Cl)c1. The maximum atomic E-state index is 12.8. The second-order valence-electron chi connectivity index (χ2n) is 7.94. The van der Waals surface area contributed by atoms with Gasteiger partial charge in [-0.25, -0.2) is 0 Å². The lowest BCUT2D eigenvalue weighted by atomic mass is 10.1. The number of benzene rings is 3. The number of halogens is 2. The molecule has 1 aliphatic heterocycles. The zero-order valence-electron chi connectivity index (χ0n) is 19.6. The molecule has 4 rings (SSSR count). The monoisotopic (exact) mass is 543 g/mol.